The van der Waals surface area contributed by atoms with E-state index >= 15 is 0 Å². The van der Waals surface area contributed by atoms with E-state index in [0.717, 1.165) is 29.0 Å². The standard InChI is InChI=1S/C25H19Cl2NO3/c1-15-9-21-18(13-28(14-30-21)12-16-5-3-2-4-6-16)25-23(15)24(29)22(31-25)11-17-7-8-19(26)20(27)10-17/h2-11H,12-14H2,1H3/b22-11-. The highest BCUT2D eigenvalue weighted by Gasteiger charge is 2.35. The number of nitrogens with zero attached hydrogens (tertiary/aromatic N) is 1. The average molecular weight is 452 g/mol. The molecule has 0 aromatic heterocycles. The first-order valence-corrected chi connectivity index (χ1v) is 10.7. The lowest BCUT2D eigenvalue weighted by Gasteiger charge is -2.30. The van der Waals surface area contributed by atoms with Crippen LogP contribution in [0.1, 0.15) is 32.6 Å². The molecule has 4 nitrogen and oxygen atoms in total. The zero-order valence-electron chi connectivity index (χ0n) is 16.8. The quantitative estimate of drug-likeness (QED) is 0.439. The molecule has 0 aliphatic carbocycles. The van der Waals surface area contributed by atoms with Crippen molar-refractivity contribution in [3.8, 4) is 11.5 Å². The van der Waals surface area contributed by atoms with Crippen LogP contribution in [0.4, 0.5) is 0 Å². The second-order valence-corrected chi connectivity index (χ2v) is 8.55. The summed E-state index contributed by atoms with van der Waals surface area (Å²) in [6.45, 7) is 3.78. The van der Waals surface area contributed by atoms with Crippen LogP contribution >= 0.6 is 23.2 Å². The van der Waals surface area contributed by atoms with Gasteiger partial charge in [0.05, 0.1) is 21.2 Å². The van der Waals surface area contributed by atoms with E-state index in [0.29, 0.717) is 34.6 Å². The van der Waals surface area contributed by atoms with E-state index in [-0.39, 0.29) is 11.5 Å². The van der Waals surface area contributed by atoms with Crippen molar-refractivity contribution in [2.24, 2.45) is 0 Å². The maximum atomic E-state index is 13.1. The Balaban J connectivity index is 1.47. The molecule has 0 spiro atoms. The Morgan fingerprint density at radius 1 is 1.06 bits per heavy atom. The highest BCUT2D eigenvalue weighted by molar-refractivity contribution is 6.42. The first-order valence-electron chi connectivity index (χ1n) is 9.94. The SMILES string of the molecule is Cc1cc2c(c3c1C(=O)/C(=C/c1ccc(Cl)c(Cl)c1)O3)CN(Cc1ccccc1)CO2. The highest BCUT2D eigenvalue weighted by atomic mass is 35.5. The molecule has 6 heteroatoms. The molecular formula is C25H19Cl2NO3. The Morgan fingerprint density at radius 3 is 2.65 bits per heavy atom. The number of halogens is 2. The van der Waals surface area contributed by atoms with Crippen molar-refractivity contribution in [3.05, 3.63) is 98.2 Å². The summed E-state index contributed by atoms with van der Waals surface area (Å²) in [4.78, 5) is 15.3. The molecule has 3 aromatic carbocycles. The number of fused-ring (bicyclic) bond motifs is 3. The van der Waals surface area contributed by atoms with Gasteiger partial charge in [0, 0.05) is 13.1 Å². The number of hydrogen-bond donors (Lipinski definition) is 0. The first-order chi connectivity index (χ1) is 15.0. The second-order valence-electron chi connectivity index (χ2n) is 7.73. The number of benzene rings is 3. The first kappa shape index (κ1) is 20.1. The van der Waals surface area contributed by atoms with Gasteiger partial charge in [0.15, 0.2) is 5.76 Å². The van der Waals surface area contributed by atoms with Crippen LogP contribution in [0.2, 0.25) is 10.0 Å². The zero-order valence-corrected chi connectivity index (χ0v) is 18.3. The normalized spacial score (nSPS) is 16.6. The van der Waals surface area contributed by atoms with Crippen molar-refractivity contribution in [2.45, 2.75) is 20.0 Å². The Morgan fingerprint density at radius 2 is 1.87 bits per heavy atom. The van der Waals surface area contributed by atoms with E-state index in [4.69, 9.17) is 32.7 Å². The van der Waals surface area contributed by atoms with Gasteiger partial charge in [-0.15, -0.1) is 0 Å². The molecule has 156 valence electrons. The fourth-order valence-corrected chi connectivity index (χ4v) is 4.28. The van der Waals surface area contributed by atoms with Crippen LogP contribution in [0, 0.1) is 6.92 Å². The van der Waals surface area contributed by atoms with Crippen LogP contribution in [-0.2, 0) is 13.1 Å². The van der Waals surface area contributed by atoms with Crippen molar-refractivity contribution in [2.75, 3.05) is 6.73 Å². The summed E-state index contributed by atoms with van der Waals surface area (Å²) >= 11 is 12.1. The number of ketones is 1. The Labute approximate surface area is 190 Å². The smallest absolute Gasteiger partial charge is 0.232 e. The predicted molar refractivity (Wildman–Crippen MR) is 122 cm³/mol. The summed E-state index contributed by atoms with van der Waals surface area (Å²) in [6.07, 6.45) is 1.70. The van der Waals surface area contributed by atoms with Crippen molar-refractivity contribution in [3.63, 3.8) is 0 Å². The molecular weight excluding hydrogens is 433 g/mol. The minimum atomic E-state index is -0.137. The number of carbonyl (C=O) groups is 1. The lowest BCUT2D eigenvalue weighted by atomic mass is 9.98. The van der Waals surface area contributed by atoms with Gasteiger partial charge in [-0.1, -0.05) is 59.6 Å². The number of rotatable bonds is 3. The Bertz CT molecular complexity index is 1220. The number of allylic oxidation sites excluding steroid dienone is 1. The molecule has 0 N–H and O–H groups in total. The molecule has 2 aliphatic heterocycles. The van der Waals surface area contributed by atoms with Gasteiger partial charge in [-0.3, -0.25) is 9.69 Å². The van der Waals surface area contributed by atoms with E-state index in [2.05, 4.69) is 17.0 Å². The maximum absolute atomic E-state index is 13.1. The van der Waals surface area contributed by atoms with Gasteiger partial charge in [0.25, 0.3) is 0 Å². The third-order valence-corrected chi connectivity index (χ3v) is 6.22. The lowest BCUT2D eigenvalue weighted by Crippen LogP contribution is -2.31. The van der Waals surface area contributed by atoms with Gasteiger partial charge in [-0.25, -0.2) is 0 Å². The molecule has 0 amide bonds. The van der Waals surface area contributed by atoms with Crippen molar-refractivity contribution in [1.82, 2.24) is 4.90 Å². The van der Waals surface area contributed by atoms with Gasteiger partial charge in [-0.05, 0) is 47.9 Å². The van der Waals surface area contributed by atoms with Crippen LogP contribution in [0.5, 0.6) is 11.5 Å². The summed E-state index contributed by atoms with van der Waals surface area (Å²) in [6, 6.07) is 17.4. The van der Waals surface area contributed by atoms with Gasteiger partial charge < -0.3 is 9.47 Å². The minimum Gasteiger partial charge on any atom is -0.478 e. The molecule has 0 atom stereocenters. The second kappa shape index (κ2) is 8.04. The molecule has 0 saturated carbocycles. The molecule has 31 heavy (non-hydrogen) atoms. The van der Waals surface area contributed by atoms with E-state index in [1.54, 1.807) is 24.3 Å². The van der Waals surface area contributed by atoms with Gasteiger partial charge in [0.1, 0.15) is 18.2 Å². The Kier molecular flexibility index (Phi) is 5.22. The summed E-state index contributed by atoms with van der Waals surface area (Å²) in [5, 5.41) is 0.892. The molecule has 2 aliphatic rings. The number of ether oxygens (including phenoxy) is 2. The van der Waals surface area contributed by atoms with Crippen molar-refractivity contribution < 1.29 is 14.3 Å². The van der Waals surface area contributed by atoms with Crippen molar-refractivity contribution >= 4 is 35.1 Å². The number of Topliss-reactive ketones (excluding diaryl/α,β-unsaturated/α-hetero) is 1. The maximum Gasteiger partial charge on any atom is 0.232 e. The van der Waals surface area contributed by atoms with Gasteiger partial charge in [-0.2, -0.15) is 0 Å². The van der Waals surface area contributed by atoms with Gasteiger partial charge >= 0.3 is 0 Å². The third-order valence-electron chi connectivity index (χ3n) is 5.48. The predicted octanol–water partition coefficient (Wildman–Crippen LogP) is 6.27. The van der Waals surface area contributed by atoms with Crippen LogP contribution in [0.3, 0.4) is 0 Å². The molecule has 0 fully saturated rings. The largest absolute Gasteiger partial charge is 0.478 e. The summed E-state index contributed by atoms with van der Waals surface area (Å²) in [5.41, 5.74) is 4.28. The summed E-state index contributed by atoms with van der Waals surface area (Å²) < 4.78 is 12.1. The van der Waals surface area contributed by atoms with E-state index in [1.807, 2.05) is 31.2 Å². The van der Waals surface area contributed by atoms with Crippen LogP contribution in [0.25, 0.3) is 6.08 Å². The fourth-order valence-electron chi connectivity index (χ4n) is 3.97. The molecule has 0 saturated heterocycles. The molecule has 0 radical (unpaired) electrons. The molecule has 3 aromatic rings. The average Bonchev–Trinajstić information content (AvgIpc) is 3.09. The monoisotopic (exact) mass is 451 g/mol. The minimum absolute atomic E-state index is 0.137. The Hall–Kier alpha value is -2.79. The topological polar surface area (TPSA) is 38.8 Å². The van der Waals surface area contributed by atoms with Crippen molar-refractivity contribution in [1.29, 1.82) is 0 Å². The highest BCUT2D eigenvalue weighted by Crippen LogP contribution is 2.44. The molecule has 2 heterocycles. The van der Waals surface area contributed by atoms with Crippen LogP contribution < -0.4 is 9.47 Å². The number of hydrogen-bond acceptors (Lipinski definition) is 4. The molecule has 0 unspecified atom stereocenters. The molecule has 0 bridgehead atoms. The van der Waals surface area contributed by atoms with Crippen LogP contribution in [0.15, 0.2) is 60.4 Å². The third kappa shape index (κ3) is 3.83. The number of carbonyl (C=O) groups excluding carboxylic acids is 1. The number of aryl methyl sites for hydroxylation is 1. The summed E-state index contributed by atoms with van der Waals surface area (Å²) in [5.74, 6) is 1.49. The molecule has 5 rings (SSSR count). The van der Waals surface area contributed by atoms with Gasteiger partial charge in [0.2, 0.25) is 5.78 Å². The zero-order chi connectivity index (χ0) is 21.5. The fraction of sp³-hybridized carbons (Fsp3) is 0.160. The van der Waals surface area contributed by atoms with Crippen LogP contribution in [-0.4, -0.2) is 17.4 Å². The lowest BCUT2D eigenvalue weighted by molar-refractivity contribution is 0.0872. The van der Waals surface area contributed by atoms with E-state index < -0.39 is 0 Å². The van der Waals surface area contributed by atoms with E-state index in [1.165, 1.54) is 5.56 Å². The van der Waals surface area contributed by atoms with E-state index in [9.17, 15) is 4.79 Å². The summed E-state index contributed by atoms with van der Waals surface area (Å²) in [7, 11) is 0.